The number of benzene rings is 1. The molecule has 0 radical (unpaired) electrons. The number of aromatic hydroxyl groups is 1. The summed E-state index contributed by atoms with van der Waals surface area (Å²) in [5, 5.41) is 10.8. The van der Waals surface area contributed by atoms with E-state index in [4.69, 9.17) is 33.7 Å². The highest BCUT2D eigenvalue weighted by Crippen LogP contribution is 2.32. The molecule has 0 saturated carbocycles. The normalized spacial score (nSPS) is 22.4. The van der Waals surface area contributed by atoms with Gasteiger partial charge in [0.1, 0.15) is 5.75 Å². The van der Waals surface area contributed by atoms with Crippen LogP contribution in [-0.2, 0) is 11.3 Å². The maximum atomic E-state index is 9.95. The lowest BCUT2D eigenvalue weighted by Crippen LogP contribution is -2.49. The van der Waals surface area contributed by atoms with Gasteiger partial charge in [0, 0.05) is 36.3 Å². The molecule has 1 aliphatic heterocycles. The Hall–Kier alpha value is -0.520. The number of ether oxygens (including phenoxy) is 1. The molecular weight excluding hydrogens is 287 g/mol. The van der Waals surface area contributed by atoms with Crippen molar-refractivity contribution in [2.45, 2.75) is 25.6 Å². The van der Waals surface area contributed by atoms with Gasteiger partial charge in [-0.05, 0) is 19.1 Å². The molecule has 0 bridgehead atoms. The number of phenolic OH excluding ortho intramolecular Hbond substituents is 1. The largest absolute Gasteiger partial charge is 0.506 e. The maximum absolute atomic E-state index is 9.95. The number of nitrogens with zero attached hydrogens (tertiary/aromatic N) is 1. The Labute approximate surface area is 123 Å². The van der Waals surface area contributed by atoms with Gasteiger partial charge in [-0.2, -0.15) is 0 Å². The van der Waals surface area contributed by atoms with Crippen LogP contribution in [0.4, 0.5) is 0 Å². The van der Waals surface area contributed by atoms with Gasteiger partial charge in [0.25, 0.3) is 0 Å². The molecule has 1 aromatic carbocycles. The van der Waals surface area contributed by atoms with Gasteiger partial charge < -0.3 is 15.6 Å². The van der Waals surface area contributed by atoms with E-state index >= 15 is 0 Å². The predicted molar refractivity (Wildman–Crippen MR) is 76.8 cm³/mol. The smallest absolute Gasteiger partial charge is 0.138 e. The van der Waals surface area contributed by atoms with Crippen molar-refractivity contribution in [3.05, 3.63) is 27.7 Å². The van der Waals surface area contributed by atoms with Gasteiger partial charge in [-0.1, -0.05) is 23.2 Å². The lowest BCUT2D eigenvalue weighted by molar-refractivity contribution is -0.0405. The highest BCUT2D eigenvalue weighted by Gasteiger charge is 2.24. The molecule has 106 valence electrons. The van der Waals surface area contributed by atoms with Gasteiger partial charge >= 0.3 is 0 Å². The molecule has 1 aliphatic rings. The molecule has 1 aromatic rings. The average Bonchev–Trinajstić information content (AvgIpc) is 2.35. The van der Waals surface area contributed by atoms with Crippen molar-refractivity contribution in [2.24, 2.45) is 5.73 Å². The van der Waals surface area contributed by atoms with E-state index in [0.717, 1.165) is 18.7 Å². The number of hydrogen-bond acceptors (Lipinski definition) is 4. The molecule has 2 unspecified atom stereocenters. The number of rotatable bonds is 3. The molecule has 0 amide bonds. The van der Waals surface area contributed by atoms with Crippen LogP contribution in [0.25, 0.3) is 0 Å². The summed E-state index contributed by atoms with van der Waals surface area (Å²) >= 11 is 11.9. The zero-order chi connectivity index (χ0) is 14.0. The van der Waals surface area contributed by atoms with Crippen LogP contribution in [0.2, 0.25) is 10.0 Å². The van der Waals surface area contributed by atoms with Crippen LogP contribution in [0.5, 0.6) is 5.75 Å². The number of halogens is 2. The van der Waals surface area contributed by atoms with Crippen molar-refractivity contribution in [2.75, 3.05) is 19.7 Å². The molecule has 2 atom stereocenters. The first-order valence-corrected chi connectivity index (χ1v) is 6.99. The first-order chi connectivity index (χ1) is 8.97. The van der Waals surface area contributed by atoms with E-state index in [1.54, 1.807) is 6.07 Å². The summed E-state index contributed by atoms with van der Waals surface area (Å²) in [6, 6.07) is 3.25. The van der Waals surface area contributed by atoms with Gasteiger partial charge in [0.15, 0.2) is 0 Å². The number of nitrogens with two attached hydrogens (primary N) is 1. The second-order valence-corrected chi connectivity index (χ2v) is 5.74. The Kier molecular flexibility index (Phi) is 4.92. The van der Waals surface area contributed by atoms with E-state index in [2.05, 4.69) is 4.90 Å². The molecule has 19 heavy (non-hydrogen) atoms. The Morgan fingerprint density at radius 3 is 2.95 bits per heavy atom. The quantitative estimate of drug-likeness (QED) is 0.899. The molecule has 0 aromatic heterocycles. The molecular formula is C13H18Cl2N2O2. The van der Waals surface area contributed by atoms with E-state index in [-0.39, 0.29) is 22.9 Å². The monoisotopic (exact) mass is 304 g/mol. The lowest BCUT2D eigenvalue weighted by Gasteiger charge is -2.34. The molecule has 1 heterocycles. The number of morpholine rings is 1. The summed E-state index contributed by atoms with van der Waals surface area (Å²) in [6.07, 6.45) is 0.0190. The van der Waals surface area contributed by atoms with Crippen LogP contribution >= 0.6 is 23.2 Å². The molecule has 0 aliphatic carbocycles. The number of phenols is 1. The third kappa shape index (κ3) is 3.74. The Morgan fingerprint density at radius 2 is 2.26 bits per heavy atom. The minimum absolute atomic E-state index is 0.0145. The first kappa shape index (κ1) is 14.9. The summed E-state index contributed by atoms with van der Waals surface area (Å²) in [5.41, 5.74) is 6.58. The van der Waals surface area contributed by atoms with Crippen LogP contribution in [0.15, 0.2) is 12.1 Å². The highest BCUT2D eigenvalue weighted by molar-refractivity contribution is 6.35. The fourth-order valence-electron chi connectivity index (χ4n) is 2.17. The summed E-state index contributed by atoms with van der Waals surface area (Å²) < 4.78 is 5.60. The zero-order valence-corrected chi connectivity index (χ0v) is 12.3. The zero-order valence-electron chi connectivity index (χ0n) is 10.8. The fourth-order valence-corrected chi connectivity index (χ4v) is 2.71. The van der Waals surface area contributed by atoms with Gasteiger partial charge in [-0.15, -0.1) is 0 Å². The summed E-state index contributed by atoms with van der Waals surface area (Å²) in [4.78, 5) is 2.18. The van der Waals surface area contributed by atoms with E-state index in [9.17, 15) is 5.11 Å². The van der Waals surface area contributed by atoms with Gasteiger partial charge in [-0.25, -0.2) is 0 Å². The maximum Gasteiger partial charge on any atom is 0.138 e. The SMILES string of the molecule is CC(N)C1CN(Cc2cc(Cl)cc(Cl)c2O)CCO1. The van der Waals surface area contributed by atoms with E-state index in [1.165, 1.54) is 6.07 Å². The topological polar surface area (TPSA) is 58.7 Å². The van der Waals surface area contributed by atoms with Gasteiger partial charge in [0.05, 0.1) is 17.7 Å². The third-order valence-electron chi connectivity index (χ3n) is 3.27. The molecule has 1 fully saturated rings. The van der Waals surface area contributed by atoms with Crippen LogP contribution in [-0.4, -0.2) is 41.8 Å². The average molecular weight is 305 g/mol. The van der Waals surface area contributed by atoms with Crippen LogP contribution in [0.3, 0.4) is 0 Å². The lowest BCUT2D eigenvalue weighted by atomic mass is 10.1. The first-order valence-electron chi connectivity index (χ1n) is 6.24. The highest BCUT2D eigenvalue weighted by atomic mass is 35.5. The predicted octanol–water partition coefficient (Wildman–Crippen LogP) is 2.25. The Bertz CT molecular complexity index is 455. The van der Waals surface area contributed by atoms with Crippen molar-refractivity contribution in [1.29, 1.82) is 0 Å². The van der Waals surface area contributed by atoms with Crippen LogP contribution < -0.4 is 5.73 Å². The molecule has 6 heteroatoms. The number of hydrogen-bond donors (Lipinski definition) is 2. The summed E-state index contributed by atoms with van der Waals surface area (Å²) in [5.74, 6) is 0.0925. The van der Waals surface area contributed by atoms with E-state index in [1.807, 2.05) is 6.92 Å². The van der Waals surface area contributed by atoms with Crippen molar-refractivity contribution < 1.29 is 9.84 Å². The second-order valence-electron chi connectivity index (χ2n) is 4.90. The van der Waals surface area contributed by atoms with Crippen molar-refractivity contribution in [3.63, 3.8) is 0 Å². The molecule has 2 rings (SSSR count). The summed E-state index contributed by atoms with van der Waals surface area (Å²) in [6.45, 7) is 4.69. The van der Waals surface area contributed by atoms with Crippen LogP contribution in [0.1, 0.15) is 12.5 Å². The molecule has 4 nitrogen and oxygen atoms in total. The van der Waals surface area contributed by atoms with E-state index in [0.29, 0.717) is 18.2 Å². The third-order valence-corrected chi connectivity index (χ3v) is 3.77. The minimum Gasteiger partial charge on any atom is -0.506 e. The summed E-state index contributed by atoms with van der Waals surface area (Å²) in [7, 11) is 0. The van der Waals surface area contributed by atoms with Gasteiger partial charge in [-0.3, -0.25) is 4.90 Å². The Morgan fingerprint density at radius 1 is 1.53 bits per heavy atom. The van der Waals surface area contributed by atoms with Crippen molar-refractivity contribution in [1.82, 2.24) is 4.90 Å². The van der Waals surface area contributed by atoms with Crippen molar-refractivity contribution >= 4 is 23.2 Å². The molecule has 1 saturated heterocycles. The Balaban J connectivity index is 2.09. The molecule has 3 N–H and O–H groups in total. The minimum atomic E-state index is -0.0145. The van der Waals surface area contributed by atoms with Crippen LogP contribution in [0, 0.1) is 0 Å². The molecule has 0 spiro atoms. The van der Waals surface area contributed by atoms with E-state index < -0.39 is 0 Å². The van der Waals surface area contributed by atoms with Gasteiger partial charge in [0.2, 0.25) is 0 Å². The fraction of sp³-hybridized carbons (Fsp3) is 0.538. The second kappa shape index (κ2) is 6.29. The standard InChI is InChI=1S/C13H18Cl2N2O2/c1-8(16)12-7-17(2-3-19-12)6-9-4-10(14)5-11(15)13(9)18/h4-5,8,12,18H,2-3,6-7,16H2,1H3. The van der Waals surface area contributed by atoms with Crippen molar-refractivity contribution in [3.8, 4) is 5.75 Å².